The zero-order valence-electron chi connectivity index (χ0n) is 5.87. The molecule has 0 saturated carbocycles. The first-order valence-corrected chi connectivity index (χ1v) is 4.74. The Kier molecular flexibility index (Phi) is 4.33. The molecule has 0 N–H and O–H groups in total. The van der Waals surface area contributed by atoms with Gasteiger partial charge in [-0.15, -0.1) is 0 Å². The fourth-order valence-corrected chi connectivity index (χ4v) is 1.65. The molecule has 62 valence electrons. The summed E-state index contributed by atoms with van der Waals surface area (Å²) in [6.45, 7) is 3.80. The van der Waals surface area contributed by atoms with E-state index < -0.39 is 4.83 Å². The van der Waals surface area contributed by atoms with E-state index in [1.165, 1.54) is 0 Å². The van der Waals surface area contributed by atoms with Crippen LogP contribution >= 0.6 is 31.9 Å². The Morgan fingerprint density at radius 1 is 1.40 bits per heavy atom. The zero-order chi connectivity index (χ0) is 8.36. The molecule has 1 atom stereocenters. The normalized spacial score (nSPS) is 15.9. The van der Waals surface area contributed by atoms with Gasteiger partial charge in [0.05, 0.1) is 0 Å². The van der Waals surface area contributed by atoms with E-state index in [2.05, 4.69) is 31.9 Å². The minimum atomic E-state index is -2.73. The van der Waals surface area contributed by atoms with E-state index in [9.17, 15) is 8.78 Å². The van der Waals surface area contributed by atoms with Crippen LogP contribution in [0, 0.1) is 5.92 Å². The third-order valence-electron chi connectivity index (χ3n) is 1.15. The highest BCUT2D eigenvalue weighted by Crippen LogP contribution is 2.32. The molecule has 0 heterocycles. The first kappa shape index (κ1) is 10.8. The van der Waals surface area contributed by atoms with Gasteiger partial charge in [0, 0.05) is 11.2 Å². The summed E-state index contributed by atoms with van der Waals surface area (Å²) in [6.07, 6.45) is -0.162. The molecule has 0 aromatic heterocycles. The van der Waals surface area contributed by atoms with Gasteiger partial charge in [0.1, 0.15) is 0 Å². The Balaban J connectivity index is 3.68. The average molecular weight is 280 g/mol. The summed E-state index contributed by atoms with van der Waals surface area (Å²) in [5.74, 6) is 0.239. The van der Waals surface area contributed by atoms with Crippen molar-refractivity contribution in [1.29, 1.82) is 0 Å². The summed E-state index contributed by atoms with van der Waals surface area (Å²) in [4.78, 5) is -2.85. The molecule has 0 rings (SSSR count). The Morgan fingerprint density at radius 3 is 1.90 bits per heavy atom. The van der Waals surface area contributed by atoms with E-state index in [0.717, 1.165) is 0 Å². The lowest BCUT2D eigenvalue weighted by atomic mass is 10.1. The largest absolute Gasteiger partial charge is 0.302 e. The second-order valence-corrected chi connectivity index (χ2v) is 4.92. The lowest BCUT2D eigenvalue weighted by Gasteiger charge is -2.16. The molecule has 0 radical (unpaired) electrons. The van der Waals surface area contributed by atoms with Crippen LogP contribution in [0.3, 0.4) is 0 Å². The van der Waals surface area contributed by atoms with Crippen LogP contribution in [0.25, 0.3) is 0 Å². The van der Waals surface area contributed by atoms with Crippen LogP contribution in [0.5, 0.6) is 0 Å². The minimum absolute atomic E-state index is 0.123. The standard InChI is InChI=1S/C6H10Br2F2/c1-4(2)5(7)3-6(8,9)10/h4-5H,3H2,1-2H3. The maximum absolute atomic E-state index is 12.2. The van der Waals surface area contributed by atoms with Gasteiger partial charge in [-0.25, -0.2) is 0 Å². The van der Waals surface area contributed by atoms with Crippen molar-refractivity contribution >= 4 is 31.9 Å². The fraction of sp³-hybridized carbons (Fsp3) is 1.00. The molecule has 0 bridgehead atoms. The topological polar surface area (TPSA) is 0 Å². The van der Waals surface area contributed by atoms with Crippen molar-refractivity contribution in [3.05, 3.63) is 0 Å². The molecule has 0 aromatic carbocycles. The van der Waals surface area contributed by atoms with Crippen LogP contribution in [-0.2, 0) is 0 Å². The van der Waals surface area contributed by atoms with Crippen molar-refractivity contribution in [3.8, 4) is 0 Å². The van der Waals surface area contributed by atoms with E-state index in [1.54, 1.807) is 0 Å². The second kappa shape index (κ2) is 4.00. The molecular formula is C6H10Br2F2. The van der Waals surface area contributed by atoms with E-state index in [-0.39, 0.29) is 17.2 Å². The van der Waals surface area contributed by atoms with Crippen molar-refractivity contribution in [2.45, 2.75) is 29.9 Å². The molecule has 0 amide bonds. The van der Waals surface area contributed by atoms with Gasteiger partial charge in [-0.05, 0) is 21.8 Å². The highest BCUT2D eigenvalue weighted by Gasteiger charge is 2.28. The van der Waals surface area contributed by atoms with Crippen LogP contribution in [0.1, 0.15) is 20.3 Å². The maximum atomic E-state index is 12.2. The van der Waals surface area contributed by atoms with Gasteiger partial charge in [-0.3, -0.25) is 0 Å². The van der Waals surface area contributed by atoms with Gasteiger partial charge in [0.25, 0.3) is 0 Å². The fourth-order valence-electron chi connectivity index (χ4n) is 0.457. The predicted molar refractivity (Wildman–Crippen MR) is 46.0 cm³/mol. The smallest absolute Gasteiger partial charge is 0.194 e. The summed E-state index contributed by atoms with van der Waals surface area (Å²) in [5.41, 5.74) is 0. The highest BCUT2D eigenvalue weighted by atomic mass is 79.9. The maximum Gasteiger partial charge on any atom is 0.302 e. The van der Waals surface area contributed by atoms with Crippen LogP contribution in [0.4, 0.5) is 8.78 Å². The molecule has 0 aliphatic rings. The number of rotatable bonds is 3. The lowest BCUT2D eigenvalue weighted by Crippen LogP contribution is -2.17. The van der Waals surface area contributed by atoms with Gasteiger partial charge in [-0.2, -0.15) is 8.78 Å². The lowest BCUT2D eigenvalue weighted by molar-refractivity contribution is 0.100. The predicted octanol–water partition coefficient (Wildman–Crippen LogP) is 3.78. The molecular weight excluding hydrogens is 270 g/mol. The van der Waals surface area contributed by atoms with Crippen molar-refractivity contribution < 1.29 is 8.78 Å². The SMILES string of the molecule is CC(C)C(Br)CC(F)(F)Br. The summed E-state index contributed by atoms with van der Waals surface area (Å²) >= 11 is 5.45. The van der Waals surface area contributed by atoms with E-state index >= 15 is 0 Å². The minimum Gasteiger partial charge on any atom is -0.194 e. The van der Waals surface area contributed by atoms with Gasteiger partial charge in [0.15, 0.2) is 0 Å². The summed E-state index contributed by atoms with van der Waals surface area (Å²) in [5, 5.41) is 0. The van der Waals surface area contributed by atoms with E-state index in [0.29, 0.717) is 0 Å². The van der Waals surface area contributed by atoms with Crippen molar-refractivity contribution in [2.75, 3.05) is 0 Å². The van der Waals surface area contributed by atoms with Crippen LogP contribution in [0.2, 0.25) is 0 Å². The Bertz CT molecular complexity index is 98.4. The Hall–Kier alpha value is 0.820. The number of alkyl halides is 4. The molecule has 0 aromatic rings. The molecule has 1 unspecified atom stereocenters. The van der Waals surface area contributed by atoms with Gasteiger partial charge in [0.2, 0.25) is 0 Å². The Labute approximate surface area is 76.6 Å². The van der Waals surface area contributed by atoms with Crippen molar-refractivity contribution in [2.24, 2.45) is 5.92 Å². The van der Waals surface area contributed by atoms with Crippen LogP contribution < -0.4 is 0 Å². The van der Waals surface area contributed by atoms with Crippen molar-refractivity contribution in [3.63, 3.8) is 0 Å². The highest BCUT2D eigenvalue weighted by molar-refractivity contribution is 9.10. The van der Waals surface area contributed by atoms with Gasteiger partial charge >= 0.3 is 4.83 Å². The van der Waals surface area contributed by atoms with Gasteiger partial charge in [-0.1, -0.05) is 29.8 Å². The number of hydrogen-bond acceptors (Lipinski definition) is 0. The van der Waals surface area contributed by atoms with Crippen molar-refractivity contribution in [1.82, 2.24) is 0 Å². The van der Waals surface area contributed by atoms with Crippen LogP contribution in [0.15, 0.2) is 0 Å². The summed E-state index contributed by atoms with van der Waals surface area (Å²) in [7, 11) is 0. The first-order chi connectivity index (χ1) is 4.33. The summed E-state index contributed by atoms with van der Waals surface area (Å²) in [6, 6.07) is 0. The third kappa shape index (κ3) is 5.59. The number of hydrogen-bond donors (Lipinski definition) is 0. The third-order valence-corrected chi connectivity index (χ3v) is 2.85. The molecule has 0 saturated heterocycles. The average Bonchev–Trinajstić information content (AvgIpc) is 1.60. The van der Waals surface area contributed by atoms with E-state index in [4.69, 9.17) is 0 Å². The quantitative estimate of drug-likeness (QED) is 0.690. The molecule has 0 aliphatic carbocycles. The second-order valence-electron chi connectivity index (χ2n) is 2.58. The molecule has 0 nitrogen and oxygen atoms in total. The number of halogens is 4. The van der Waals surface area contributed by atoms with Crippen LogP contribution in [-0.4, -0.2) is 9.66 Å². The van der Waals surface area contributed by atoms with Gasteiger partial charge < -0.3 is 0 Å². The molecule has 0 aliphatic heterocycles. The Morgan fingerprint density at radius 2 is 1.80 bits per heavy atom. The first-order valence-electron chi connectivity index (χ1n) is 3.04. The summed E-state index contributed by atoms with van der Waals surface area (Å²) < 4.78 is 24.4. The zero-order valence-corrected chi connectivity index (χ0v) is 9.05. The van der Waals surface area contributed by atoms with E-state index in [1.807, 2.05) is 13.8 Å². The molecule has 4 heteroatoms. The molecule has 0 fully saturated rings. The molecule has 10 heavy (non-hydrogen) atoms. The monoisotopic (exact) mass is 278 g/mol. The molecule has 0 spiro atoms.